The summed E-state index contributed by atoms with van der Waals surface area (Å²) in [6.45, 7) is 1.73. The zero-order valence-corrected chi connectivity index (χ0v) is 22.2. The minimum atomic E-state index is -0.208. The first-order valence-corrected chi connectivity index (χ1v) is 12.9. The molecule has 1 heterocycles. The number of hydrogen-bond donors (Lipinski definition) is 0. The van der Waals surface area contributed by atoms with Crippen LogP contribution in [-0.4, -0.2) is 27.1 Å². The van der Waals surface area contributed by atoms with Gasteiger partial charge in [-0.2, -0.15) is 0 Å². The van der Waals surface area contributed by atoms with Crippen LogP contribution in [0.15, 0.2) is 112 Å². The fraction of sp³-hybridized carbons (Fsp3) is 0.182. The molecule has 0 bridgehead atoms. The second kappa shape index (κ2) is 13.5. The highest BCUT2D eigenvalue weighted by Crippen LogP contribution is 2.33. The molecule has 204 valence electrons. The molecule has 0 N–H and O–H groups in total. The third kappa shape index (κ3) is 7.08. The second-order valence-electron chi connectivity index (χ2n) is 9.01. The number of hydrogen-bond acceptors (Lipinski definition) is 7. The molecule has 0 aliphatic carbocycles. The standard InChI is InChI=1S/C33H30O7/c1-35-16-17-36-23-39-27-14-12-26(13-15-27)30-20-29(34)33-31(38-22-25-10-6-3-7-11-25)18-28(19-32(33)40-30)37-21-24-8-4-2-5-9-24/h2-15,18-20H,16-17,21-23H2,1H3. The SMILES string of the molecule is COCCOCOc1ccc(-c2cc(=O)c3c(OCc4ccccc4)cc(OCc4ccccc4)cc3o2)cc1. The fourth-order valence-electron chi connectivity index (χ4n) is 4.07. The normalized spacial score (nSPS) is 10.9. The van der Waals surface area contributed by atoms with Crippen LogP contribution in [0.1, 0.15) is 11.1 Å². The largest absolute Gasteiger partial charge is 0.489 e. The van der Waals surface area contributed by atoms with Gasteiger partial charge in [-0.1, -0.05) is 60.7 Å². The van der Waals surface area contributed by atoms with Gasteiger partial charge in [-0.05, 0) is 35.4 Å². The number of fused-ring (bicyclic) bond motifs is 1. The van der Waals surface area contributed by atoms with E-state index in [2.05, 4.69) is 0 Å². The molecule has 5 aromatic rings. The van der Waals surface area contributed by atoms with Crippen molar-refractivity contribution in [2.45, 2.75) is 13.2 Å². The highest BCUT2D eigenvalue weighted by Gasteiger charge is 2.15. The van der Waals surface area contributed by atoms with E-state index in [0.29, 0.717) is 60.4 Å². The lowest BCUT2D eigenvalue weighted by Gasteiger charge is -2.13. The number of rotatable bonds is 13. The molecule has 7 nitrogen and oxygen atoms in total. The third-order valence-corrected chi connectivity index (χ3v) is 6.13. The van der Waals surface area contributed by atoms with Crippen LogP contribution in [0.2, 0.25) is 0 Å². The topological polar surface area (TPSA) is 76.4 Å². The molecule has 7 heteroatoms. The van der Waals surface area contributed by atoms with Gasteiger partial charge in [0.15, 0.2) is 12.2 Å². The monoisotopic (exact) mass is 538 g/mol. The highest BCUT2D eigenvalue weighted by atomic mass is 16.7. The predicted molar refractivity (Wildman–Crippen MR) is 153 cm³/mol. The molecule has 40 heavy (non-hydrogen) atoms. The van der Waals surface area contributed by atoms with Crippen LogP contribution in [0.25, 0.3) is 22.3 Å². The minimum absolute atomic E-state index is 0.116. The van der Waals surface area contributed by atoms with E-state index in [0.717, 1.165) is 16.7 Å². The van der Waals surface area contributed by atoms with E-state index in [1.165, 1.54) is 6.07 Å². The minimum Gasteiger partial charge on any atom is -0.489 e. The molecule has 0 atom stereocenters. The summed E-state index contributed by atoms with van der Waals surface area (Å²) in [5.74, 6) is 2.01. The molecule has 0 saturated heterocycles. The van der Waals surface area contributed by atoms with E-state index < -0.39 is 0 Å². The van der Waals surface area contributed by atoms with Gasteiger partial charge in [0, 0.05) is 30.9 Å². The molecule has 0 radical (unpaired) electrons. The Morgan fingerprint density at radius 2 is 1.35 bits per heavy atom. The van der Waals surface area contributed by atoms with E-state index in [-0.39, 0.29) is 12.2 Å². The van der Waals surface area contributed by atoms with E-state index in [9.17, 15) is 4.79 Å². The Bertz CT molecular complexity index is 1560. The molecule has 0 saturated carbocycles. The first kappa shape index (κ1) is 27.0. The van der Waals surface area contributed by atoms with E-state index in [1.54, 1.807) is 31.4 Å². The maximum Gasteiger partial charge on any atom is 0.197 e. The predicted octanol–water partition coefficient (Wildman–Crippen LogP) is 6.62. The molecule has 0 spiro atoms. The Kier molecular flexibility index (Phi) is 9.09. The number of methoxy groups -OCH3 is 1. The Hall–Kier alpha value is -4.59. The van der Waals surface area contributed by atoms with Crippen molar-refractivity contribution >= 4 is 11.0 Å². The molecule has 5 rings (SSSR count). The summed E-state index contributed by atoms with van der Waals surface area (Å²) in [5, 5.41) is 0.361. The summed E-state index contributed by atoms with van der Waals surface area (Å²) < 4.78 is 34.3. The Morgan fingerprint density at radius 1 is 0.675 bits per heavy atom. The molecular formula is C33H30O7. The lowest BCUT2D eigenvalue weighted by atomic mass is 10.1. The average molecular weight is 539 g/mol. The van der Waals surface area contributed by atoms with Crippen LogP contribution in [-0.2, 0) is 22.7 Å². The molecule has 0 amide bonds. The zero-order chi connectivity index (χ0) is 27.6. The maximum atomic E-state index is 13.4. The summed E-state index contributed by atoms with van der Waals surface area (Å²) >= 11 is 0. The lowest BCUT2D eigenvalue weighted by molar-refractivity contribution is -0.00846. The maximum absolute atomic E-state index is 13.4. The number of benzene rings is 4. The summed E-state index contributed by atoms with van der Waals surface area (Å²) in [5.41, 5.74) is 2.91. The summed E-state index contributed by atoms with van der Waals surface area (Å²) in [4.78, 5) is 13.4. The number of ether oxygens (including phenoxy) is 5. The van der Waals surface area contributed by atoms with Crippen molar-refractivity contribution < 1.29 is 28.1 Å². The molecule has 0 unspecified atom stereocenters. The van der Waals surface area contributed by atoms with Crippen molar-refractivity contribution in [3.63, 3.8) is 0 Å². The van der Waals surface area contributed by atoms with Gasteiger partial charge in [0.1, 0.15) is 47.2 Å². The van der Waals surface area contributed by atoms with Gasteiger partial charge in [-0.15, -0.1) is 0 Å². The first-order chi connectivity index (χ1) is 19.7. The molecule has 4 aromatic carbocycles. The Morgan fingerprint density at radius 3 is 2.02 bits per heavy atom. The summed E-state index contributed by atoms with van der Waals surface area (Å²) in [6.07, 6.45) is 0. The highest BCUT2D eigenvalue weighted by molar-refractivity contribution is 5.86. The van der Waals surface area contributed by atoms with Gasteiger partial charge < -0.3 is 28.1 Å². The van der Waals surface area contributed by atoms with Crippen LogP contribution in [0.4, 0.5) is 0 Å². The lowest BCUT2D eigenvalue weighted by Crippen LogP contribution is -2.07. The Balaban J connectivity index is 1.42. The van der Waals surface area contributed by atoms with Gasteiger partial charge >= 0.3 is 0 Å². The zero-order valence-electron chi connectivity index (χ0n) is 22.2. The molecule has 0 aliphatic heterocycles. The van der Waals surface area contributed by atoms with Crippen molar-refractivity contribution in [1.29, 1.82) is 0 Å². The smallest absolute Gasteiger partial charge is 0.197 e. The third-order valence-electron chi connectivity index (χ3n) is 6.13. The van der Waals surface area contributed by atoms with Crippen LogP contribution in [0, 0.1) is 0 Å². The van der Waals surface area contributed by atoms with Crippen LogP contribution in [0.3, 0.4) is 0 Å². The van der Waals surface area contributed by atoms with Gasteiger partial charge in [0.05, 0.1) is 13.2 Å². The van der Waals surface area contributed by atoms with Gasteiger partial charge in [0.2, 0.25) is 0 Å². The second-order valence-corrected chi connectivity index (χ2v) is 9.01. The van der Waals surface area contributed by atoms with Gasteiger partial charge in [-0.3, -0.25) is 4.79 Å². The van der Waals surface area contributed by atoms with Crippen molar-refractivity contribution in [1.82, 2.24) is 0 Å². The molecule has 0 fully saturated rings. The average Bonchev–Trinajstić information content (AvgIpc) is 3.00. The van der Waals surface area contributed by atoms with Gasteiger partial charge in [0.25, 0.3) is 0 Å². The van der Waals surface area contributed by atoms with Crippen molar-refractivity contribution in [3.8, 4) is 28.6 Å². The van der Waals surface area contributed by atoms with E-state index in [1.807, 2.05) is 72.8 Å². The Labute approximate surface area is 232 Å². The summed E-state index contributed by atoms with van der Waals surface area (Å²) in [6, 6.07) is 31.9. The first-order valence-electron chi connectivity index (χ1n) is 12.9. The van der Waals surface area contributed by atoms with Crippen LogP contribution < -0.4 is 19.6 Å². The van der Waals surface area contributed by atoms with Crippen molar-refractivity contribution in [2.75, 3.05) is 27.1 Å². The molecule has 1 aromatic heterocycles. The van der Waals surface area contributed by atoms with Gasteiger partial charge in [-0.25, -0.2) is 0 Å². The van der Waals surface area contributed by atoms with Crippen LogP contribution in [0.5, 0.6) is 17.2 Å². The molecular weight excluding hydrogens is 508 g/mol. The molecule has 0 aliphatic rings. The quantitative estimate of drug-likeness (QED) is 0.123. The summed E-state index contributed by atoms with van der Waals surface area (Å²) in [7, 11) is 1.62. The van der Waals surface area contributed by atoms with Crippen molar-refractivity contribution in [3.05, 3.63) is 124 Å². The van der Waals surface area contributed by atoms with E-state index in [4.69, 9.17) is 28.1 Å². The fourth-order valence-corrected chi connectivity index (χ4v) is 4.07. The van der Waals surface area contributed by atoms with Crippen LogP contribution >= 0.6 is 0 Å². The van der Waals surface area contributed by atoms with Crippen molar-refractivity contribution in [2.24, 2.45) is 0 Å². The van der Waals surface area contributed by atoms with E-state index >= 15 is 0 Å².